The van der Waals surface area contributed by atoms with Crippen LogP contribution in [0.25, 0.3) is 0 Å². The molecule has 0 radical (unpaired) electrons. The van der Waals surface area contributed by atoms with E-state index in [0.717, 1.165) is 38.5 Å². The van der Waals surface area contributed by atoms with Gasteiger partial charge < -0.3 is 10.2 Å². The van der Waals surface area contributed by atoms with Gasteiger partial charge in [0, 0.05) is 34.0 Å². The predicted molar refractivity (Wildman–Crippen MR) is 135 cm³/mol. The lowest BCUT2D eigenvalue weighted by Gasteiger charge is -2.03. The second-order valence-electron chi connectivity index (χ2n) is 7.61. The van der Waals surface area contributed by atoms with Gasteiger partial charge >= 0.3 is 0 Å². The van der Waals surface area contributed by atoms with E-state index in [1.165, 1.54) is 24.6 Å². The SMILES string of the molecule is O=C(CCCCCCCCC(=O)N/N=C\c1cc(Cl)ccc1O)N/N=C\c1cc(Cl)ccc1O. The predicted octanol–water partition coefficient (Wildman–Crippen LogP) is 5.13. The summed E-state index contributed by atoms with van der Waals surface area (Å²) in [5.41, 5.74) is 5.72. The van der Waals surface area contributed by atoms with Crippen LogP contribution in [0.1, 0.15) is 62.5 Å². The molecule has 8 nitrogen and oxygen atoms in total. The molecule has 0 heterocycles. The molecule has 182 valence electrons. The highest BCUT2D eigenvalue weighted by Gasteiger charge is 2.03. The molecule has 4 N–H and O–H groups in total. The van der Waals surface area contributed by atoms with Crippen LogP contribution in [0.4, 0.5) is 0 Å². The summed E-state index contributed by atoms with van der Waals surface area (Å²) in [6.07, 6.45) is 8.68. The summed E-state index contributed by atoms with van der Waals surface area (Å²) < 4.78 is 0. The number of carbonyl (C=O) groups excluding carboxylic acids is 2. The quantitative estimate of drug-likeness (QED) is 0.171. The maximum absolute atomic E-state index is 11.8. The van der Waals surface area contributed by atoms with E-state index in [1.807, 2.05) is 0 Å². The number of nitrogens with zero attached hydrogens (tertiary/aromatic N) is 2. The first-order valence-corrected chi connectivity index (χ1v) is 11.7. The highest BCUT2D eigenvalue weighted by molar-refractivity contribution is 6.31. The molecule has 10 heteroatoms. The number of rotatable bonds is 13. The van der Waals surface area contributed by atoms with Crippen LogP contribution in [0.2, 0.25) is 10.0 Å². The smallest absolute Gasteiger partial charge is 0.240 e. The zero-order valence-electron chi connectivity index (χ0n) is 18.6. The van der Waals surface area contributed by atoms with Gasteiger partial charge in [-0.3, -0.25) is 9.59 Å². The van der Waals surface area contributed by atoms with E-state index in [9.17, 15) is 19.8 Å². The van der Waals surface area contributed by atoms with Gasteiger partial charge in [0.2, 0.25) is 11.8 Å². The van der Waals surface area contributed by atoms with Gasteiger partial charge in [-0.1, -0.05) is 48.9 Å². The molecule has 2 aromatic rings. The van der Waals surface area contributed by atoms with Crippen molar-refractivity contribution >= 4 is 47.4 Å². The first kappa shape index (κ1) is 27.1. The van der Waals surface area contributed by atoms with Crippen LogP contribution in [-0.4, -0.2) is 34.5 Å². The third-order valence-electron chi connectivity index (χ3n) is 4.82. The number of benzene rings is 2. The van der Waals surface area contributed by atoms with Crippen LogP contribution in [0.3, 0.4) is 0 Å². The molecule has 0 aliphatic rings. The molecule has 0 spiro atoms. The molecule has 0 unspecified atom stereocenters. The summed E-state index contributed by atoms with van der Waals surface area (Å²) >= 11 is 11.7. The number of hydrogen-bond acceptors (Lipinski definition) is 6. The molecule has 2 rings (SSSR count). The normalized spacial score (nSPS) is 11.2. The number of aromatic hydroxyl groups is 2. The van der Waals surface area contributed by atoms with E-state index in [4.69, 9.17) is 23.2 Å². The van der Waals surface area contributed by atoms with Gasteiger partial charge in [-0.15, -0.1) is 0 Å². The first-order valence-electron chi connectivity index (χ1n) is 11.0. The third-order valence-corrected chi connectivity index (χ3v) is 5.29. The van der Waals surface area contributed by atoms with Gasteiger partial charge in [0.15, 0.2) is 0 Å². The average Bonchev–Trinajstić information content (AvgIpc) is 2.80. The maximum atomic E-state index is 11.8. The molecule has 0 aromatic heterocycles. The zero-order valence-corrected chi connectivity index (χ0v) is 20.1. The molecule has 0 bridgehead atoms. The Labute approximate surface area is 208 Å². The molecule has 0 saturated heterocycles. The van der Waals surface area contributed by atoms with E-state index in [1.54, 1.807) is 24.3 Å². The summed E-state index contributed by atoms with van der Waals surface area (Å²) in [4.78, 5) is 23.6. The van der Waals surface area contributed by atoms with Crippen molar-refractivity contribution in [1.29, 1.82) is 0 Å². The molecule has 0 aliphatic heterocycles. The van der Waals surface area contributed by atoms with Crippen LogP contribution < -0.4 is 10.9 Å². The lowest BCUT2D eigenvalue weighted by Crippen LogP contribution is -2.17. The second-order valence-corrected chi connectivity index (χ2v) is 8.49. The van der Waals surface area contributed by atoms with E-state index >= 15 is 0 Å². The van der Waals surface area contributed by atoms with Gasteiger partial charge in [0.05, 0.1) is 12.4 Å². The number of unbranched alkanes of at least 4 members (excludes halogenated alkanes) is 5. The van der Waals surface area contributed by atoms with Gasteiger partial charge in [-0.25, -0.2) is 10.9 Å². The summed E-state index contributed by atoms with van der Waals surface area (Å²) in [7, 11) is 0. The topological polar surface area (TPSA) is 123 Å². The Morgan fingerprint density at radius 2 is 1.09 bits per heavy atom. The van der Waals surface area contributed by atoms with Gasteiger partial charge in [0.1, 0.15) is 11.5 Å². The minimum absolute atomic E-state index is 0.0328. The number of phenols is 2. The second kappa shape index (κ2) is 14.9. The Morgan fingerprint density at radius 1 is 0.706 bits per heavy atom. The van der Waals surface area contributed by atoms with Crippen LogP contribution in [0, 0.1) is 0 Å². The van der Waals surface area contributed by atoms with E-state index < -0.39 is 0 Å². The standard InChI is InChI=1S/C24H28Cl2N4O4/c25-19-9-11-21(31)17(13-19)15-27-29-23(33)7-5-3-1-2-4-6-8-24(34)30-28-16-18-14-20(26)10-12-22(18)32/h9-16,31-32H,1-8H2,(H,29,33)(H,30,34)/b27-15-,28-16-. The number of hydrazone groups is 2. The van der Waals surface area contributed by atoms with Crippen molar-refractivity contribution in [3.05, 3.63) is 57.6 Å². The molecule has 0 atom stereocenters. The van der Waals surface area contributed by atoms with Crippen LogP contribution in [-0.2, 0) is 9.59 Å². The minimum Gasteiger partial charge on any atom is -0.507 e. The van der Waals surface area contributed by atoms with Crippen LogP contribution in [0.5, 0.6) is 11.5 Å². The Hall–Kier alpha value is -3.10. The Kier molecular flexibility index (Phi) is 11.9. The molecule has 2 amide bonds. The summed E-state index contributed by atoms with van der Waals surface area (Å²) in [5, 5.41) is 28.0. The van der Waals surface area contributed by atoms with Crippen molar-refractivity contribution in [1.82, 2.24) is 10.9 Å². The summed E-state index contributed by atoms with van der Waals surface area (Å²) in [5.74, 6) is -0.321. The van der Waals surface area contributed by atoms with Gasteiger partial charge in [0.25, 0.3) is 0 Å². The van der Waals surface area contributed by atoms with E-state index in [2.05, 4.69) is 21.1 Å². The van der Waals surface area contributed by atoms with Crippen molar-refractivity contribution in [2.24, 2.45) is 10.2 Å². The highest BCUT2D eigenvalue weighted by atomic mass is 35.5. The highest BCUT2D eigenvalue weighted by Crippen LogP contribution is 2.20. The van der Waals surface area contributed by atoms with Crippen molar-refractivity contribution in [3.8, 4) is 11.5 Å². The van der Waals surface area contributed by atoms with Crippen molar-refractivity contribution < 1.29 is 19.8 Å². The third kappa shape index (κ3) is 10.7. The molecule has 2 aromatic carbocycles. The van der Waals surface area contributed by atoms with E-state index in [0.29, 0.717) is 34.0 Å². The van der Waals surface area contributed by atoms with Crippen molar-refractivity contribution in [2.45, 2.75) is 51.4 Å². The molecule has 0 fully saturated rings. The van der Waals surface area contributed by atoms with Gasteiger partial charge in [-0.2, -0.15) is 10.2 Å². The number of halogens is 2. The maximum Gasteiger partial charge on any atom is 0.240 e. The molecule has 0 aliphatic carbocycles. The molecular formula is C24H28Cl2N4O4. The van der Waals surface area contributed by atoms with E-state index in [-0.39, 0.29) is 23.3 Å². The summed E-state index contributed by atoms with van der Waals surface area (Å²) in [6.45, 7) is 0. The monoisotopic (exact) mass is 506 g/mol. The number of amides is 2. The number of carbonyl (C=O) groups is 2. The minimum atomic E-state index is -0.193. The van der Waals surface area contributed by atoms with Crippen LogP contribution >= 0.6 is 23.2 Å². The largest absolute Gasteiger partial charge is 0.507 e. The van der Waals surface area contributed by atoms with Gasteiger partial charge in [-0.05, 0) is 49.2 Å². The van der Waals surface area contributed by atoms with Crippen molar-refractivity contribution in [3.63, 3.8) is 0 Å². The Bertz CT molecular complexity index is 947. The fraction of sp³-hybridized carbons (Fsp3) is 0.333. The van der Waals surface area contributed by atoms with Crippen LogP contribution in [0.15, 0.2) is 46.6 Å². The Balaban J connectivity index is 1.49. The lowest BCUT2D eigenvalue weighted by atomic mass is 10.1. The lowest BCUT2D eigenvalue weighted by molar-refractivity contribution is -0.122. The molecule has 0 saturated carbocycles. The molecule has 34 heavy (non-hydrogen) atoms. The summed E-state index contributed by atoms with van der Waals surface area (Å²) in [6, 6.07) is 9.15. The molecular weight excluding hydrogens is 479 g/mol. The van der Waals surface area contributed by atoms with Crippen molar-refractivity contribution in [2.75, 3.05) is 0 Å². The Morgan fingerprint density at radius 3 is 1.50 bits per heavy atom. The number of nitrogens with one attached hydrogen (secondary N) is 2. The first-order chi connectivity index (χ1) is 16.3. The number of phenolic OH excluding ortho intramolecular Hbond substituents is 2. The fourth-order valence-corrected chi connectivity index (χ4v) is 3.36. The fourth-order valence-electron chi connectivity index (χ4n) is 3.00. The number of hydrogen-bond donors (Lipinski definition) is 4. The average molecular weight is 507 g/mol. The zero-order chi connectivity index (χ0) is 24.8.